The molecule has 1 saturated heterocycles. The summed E-state index contributed by atoms with van der Waals surface area (Å²) in [7, 11) is 0. The Morgan fingerprint density at radius 2 is 1.56 bits per heavy atom. The van der Waals surface area contributed by atoms with Gasteiger partial charge in [-0.05, 0) is 72.9 Å². The molecule has 0 saturated carbocycles. The second-order valence-corrected chi connectivity index (χ2v) is 9.02. The van der Waals surface area contributed by atoms with Crippen molar-refractivity contribution in [3.8, 4) is 11.4 Å². The van der Waals surface area contributed by atoms with E-state index in [1.54, 1.807) is 4.80 Å². The van der Waals surface area contributed by atoms with Crippen LogP contribution in [0.25, 0.3) is 11.4 Å². The Hall–Kier alpha value is -4.20. The highest BCUT2D eigenvalue weighted by Crippen LogP contribution is 2.22. The first-order valence-electron chi connectivity index (χ1n) is 12.5. The van der Waals surface area contributed by atoms with Crippen molar-refractivity contribution in [3.63, 3.8) is 0 Å². The smallest absolute Gasteiger partial charge is 0.243 e. The number of nitrogens with zero attached hydrogens (tertiary/aromatic N) is 5. The highest BCUT2D eigenvalue weighted by Gasteiger charge is 2.11. The first-order valence-corrected chi connectivity index (χ1v) is 12.5. The van der Waals surface area contributed by atoms with Crippen molar-refractivity contribution in [1.29, 1.82) is 0 Å². The van der Waals surface area contributed by atoms with Gasteiger partial charge in [0.2, 0.25) is 11.7 Å². The van der Waals surface area contributed by atoms with Gasteiger partial charge >= 0.3 is 0 Å². The second kappa shape index (κ2) is 11.5. The van der Waals surface area contributed by atoms with Crippen LogP contribution >= 0.6 is 0 Å². The maximum absolute atomic E-state index is 12.4. The van der Waals surface area contributed by atoms with Gasteiger partial charge in [-0.2, -0.15) is 4.80 Å². The van der Waals surface area contributed by atoms with Crippen LogP contribution in [0.4, 0.5) is 17.1 Å². The fourth-order valence-electron chi connectivity index (χ4n) is 4.35. The molecule has 0 spiro atoms. The third-order valence-corrected chi connectivity index (χ3v) is 6.36. The maximum atomic E-state index is 12.4. The van der Waals surface area contributed by atoms with Crippen molar-refractivity contribution < 1.29 is 4.79 Å². The number of rotatable bonds is 9. The molecule has 8 nitrogen and oxygen atoms in total. The number of aromatic nitrogens is 4. The first-order chi connectivity index (χ1) is 17.7. The van der Waals surface area contributed by atoms with Gasteiger partial charge in [-0.25, -0.2) is 0 Å². The van der Waals surface area contributed by atoms with Crippen LogP contribution in [0.15, 0.2) is 78.9 Å². The number of anilines is 3. The number of nitrogens with one attached hydrogen (secondary N) is 2. The van der Waals surface area contributed by atoms with Crippen LogP contribution in [0, 0.1) is 0 Å². The van der Waals surface area contributed by atoms with Gasteiger partial charge < -0.3 is 15.5 Å². The van der Waals surface area contributed by atoms with Crippen LogP contribution in [-0.2, 0) is 17.8 Å². The lowest BCUT2D eigenvalue weighted by molar-refractivity contribution is -0.114. The van der Waals surface area contributed by atoms with Crippen LogP contribution in [0.3, 0.4) is 0 Å². The van der Waals surface area contributed by atoms with E-state index in [-0.39, 0.29) is 12.5 Å². The average molecular weight is 482 g/mol. The molecule has 4 aromatic rings. The molecule has 8 heteroatoms. The molecule has 0 radical (unpaired) electrons. The summed E-state index contributed by atoms with van der Waals surface area (Å²) < 4.78 is 0. The van der Waals surface area contributed by atoms with E-state index in [1.807, 2.05) is 54.6 Å². The SMILES string of the molecule is O=C(CNc1ccc(CCn2nnc(-c3ccccc3)n2)cc1)Nc1ccc(N2CCCCC2)cc1. The minimum Gasteiger partial charge on any atom is -0.376 e. The summed E-state index contributed by atoms with van der Waals surface area (Å²) in [6.45, 7) is 3.08. The number of hydrogen-bond donors (Lipinski definition) is 2. The van der Waals surface area contributed by atoms with Gasteiger partial charge in [-0.3, -0.25) is 4.79 Å². The predicted octanol–water partition coefficient (Wildman–Crippen LogP) is 4.62. The minimum atomic E-state index is -0.0729. The summed E-state index contributed by atoms with van der Waals surface area (Å²) in [4.78, 5) is 16.4. The van der Waals surface area contributed by atoms with Crippen molar-refractivity contribution >= 4 is 23.0 Å². The third-order valence-electron chi connectivity index (χ3n) is 6.36. The van der Waals surface area contributed by atoms with E-state index in [0.29, 0.717) is 12.4 Å². The van der Waals surface area contributed by atoms with Crippen molar-refractivity contribution in [2.75, 3.05) is 35.2 Å². The molecule has 0 bridgehead atoms. The summed E-state index contributed by atoms with van der Waals surface area (Å²) >= 11 is 0. The zero-order chi connectivity index (χ0) is 24.6. The molecule has 1 amide bonds. The number of piperidine rings is 1. The maximum Gasteiger partial charge on any atom is 0.243 e. The molecule has 2 N–H and O–H groups in total. The molecular weight excluding hydrogens is 450 g/mol. The van der Waals surface area contributed by atoms with Gasteiger partial charge in [0.15, 0.2) is 0 Å². The Morgan fingerprint density at radius 1 is 0.833 bits per heavy atom. The molecule has 3 aromatic carbocycles. The highest BCUT2D eigenvalue weighted by atomic mass is 16.1. The lowest BCUT2D eigenvalue weighted by atomic mass is 10.1. The lowest BCUT2D eigenvalue weighted by Gasteiger charge is -2.28. The van der Waals surface area contributed by atoms with Gasteiger partial charge in [-0.15, -0.1) is 10.2 Å². The highest BCUT2D eigenvalue weighted by molar-refractivity contribution is 5.93. The largest absolute Gasteiger partial charge is 0.376 e. The lowest BCUT2D eigenvalue weighted by Crippen LogP contribution is -2.29. The summed E-state index contributed by atoms with van der Waals surface area (Å²) in [6.07, 6.45) is 4.61. The summed E-state index contributed by atoms with van der Waals surface area (Å²) in [5.41, 5.74) is 5.06. The van der Waals surface area contributed by atoms with Crippen molar-refractivity contribution in [3.05, 3.63) is 84.4 Å². The molecule has 1 aliphatic heterocycles. The standard InChI is InChI=1S/C28H31N7O/c36-27(30-25-13-15-26(16-14-25)34-18-5-2-6-19-34)21-29-24-11-9-22(10-12-24)17-20-35-32-28(31-33-35)23-7-3-1-4-8-23/h1,3-4,7-16,29H,2,5-6,17-21H2,(H,30,36). The Bertz CT molecular complexity index is 1250. The second-order valence-electron chi connectivity index (χ2n) is 9.02. The summed E-state index contributed by atoms with van der Waals surface area (Å²) in [5, 5.41) is 18.9. The number of benzene rings is 3. The van der Waals surface area contributed by atoms with Crippen LogP contribution in [0.5, 0.6) is 0 Å². The van der Waals surface area contributed by atoms with Crippen molar-refractivity contribution in [2.24, 2.45) is 0 Å². The molecule has 184 valence electrons. The number of tetrazole rings is 1. The average Bonchev–Trinajstić information content (AvgIpc) is 3.42. The number of hydrogen-bond acceptors (Lipinski definition) is 6. The van der Waals surface area contributed by atoms with E-state index in [9.17, 15) is 4.79 Å². The monoisotopic (exact) mass is 481 g/mol. The molecule has 1 aromatic heterocycles. The van der Waals surface area contributed by atoms with Gasteiger partial charge in [0.1, 0.15) is 0 Å². The molecule has 0 aliphatic carbocycles. The van der Waals surface area contributed by atoms with Gasteiger partial charge in [0.05, 0.1) is 13.1 Å². The fourth-order valence-corrected chi connectivity index (χ4v) is 4.35. The quantitative estimate of drug-likeness (QED) is 0.363. The molecule has 1 fully saturated rings. The molecule has 0 unspecified atom stereocenters. The van der Waals surface area contributed by atoms with E-state index >= 15 is 0 Å². The Kier molecular flexibility index (Phi) is 7.51. The Balaban J connectivity index is 1.06. The fraction of sp³-hybridized carbons (Fsp3) is 0.286. The number of amides is 1. The zero-order valence-electron chi connectivity index (χ0n) is 20.3. The van der Waals surface area contributed by atoms with Crippen LogP contribution in [-0.4, -0.2) is 45.7 Å². The molecule has 1 aliphatic rings. The molecule has 2 heterocycles. The predicted molar refractivity (Wildman–Crippen MR) is 143 cm³/mol. The summed E-state index contributed by atoms with van der Waals surface area (Å²) in [5.74, 6) is 0.558. The number of carbonyl (C=O) groups is 1. The first kappa shape index (κ1) is 23.5. The van der Waals surface area contributed by atoms with Gasteiger partial charge in [0, 0.05) is 35.7 Å². The normalized spacial score (nSPS) is 13.4. The Morgan fingerprint density at radius 3 is 2.31 bits per heavy atom. The van der Waals surface area contributed by atoms with Gasteiger partial charge in [0.25, 0.3) is 0 Å². The number of aryl methyl sites for hydroxylation is 2. The van der Waals surface area contributed by atoms with Crippen molar-refractivity contribution in [1.82, 2.24) is 20.2 Å². The third kappa shape index (κ3) is 6.27. The molecular formula is C28H31N7O. The molecule has 5 rings (SSSR count). The van der Waals surface area contributed by atoms with E-state index in [1.165, 1.54) is 24.9 Å². The van der Waals surface area contributed by atoms with E-state index in [4.69, 9.17) is 0 Å². The minimum absolute atomic E-state index is 0.0729. The van der Waals surface area contributed by atoms with E-state index < -0.39 is 0 Å². The van der Waals surface area contributed by atoms with Crippen LogP contribution in [0.1, 0.15) is 24.8 Å². The van der Waals surface area contributed by atoms with Gasteiger partial charge in [-0.1, -0.05) is 42.5 Å². The summed E-state index contributed by atoms with van der Waals surface area (Å²) in [6, 6.07) is 26.0. The van der Waals surface area contributed by atoms with Crippen LogP contribution in [0.2, 0.25) is 0 Å². The zero-order valence-corrected chi connectivity index (χ0v) is 20.3. The van der Waals surface area contributed by atoms with Crippen LogP contribution < -0.4 is 15.5 Å². The topological polar surface area (TPSA) is 88.0 Å². The molecule has 0 atom stereocenters. The van der Waals surface area contributed by atoms with Crippen molar-refractivity contribution in [2.45, 2.75) is 32.2 Å². The van der Waals surface area contributed by atoms with E-state index in [2.05, 4.69) is 55.2 Å². The van der Waals surface area contributed by atoms with E-state index in [0.717, 1.165) is 42.0 Å². The Labute approximate surface area is 211 Å². The molecule has 36 heavy (non-hydrogen) atoms. The number of carbonyl (C=O) groups excluding carboxylic acids is 1.